The second-order valence-corrected chi connectivity index (χ2v) is 10.9. The van der Waals surface area contributed by atoms with Crippen LogP contribution in [0, 0.1) is 5.41 Å². The number of hydrogen-bond acceptors (Lipinski definition) is 13. The number of amides is 1. The molecule has 2 aliphatic heterocycles. The van der Waals surface area contributed by atoms with Crippen molar-refractivity contribution in [2.24, 2.45) is 5.73 Å². The first-order chi connectivity index (χ1) is 23.2. The molecule has 48 heavy (non-hydrogen) atoms. The van der Waals surface area contributed by atoms with E-state index < -0.39 is 12.0 Å². The summed E-state index contributed by atoms with van der Waals surface area (Å²) in [4.78, 5) is 41.2. The molecule has 2 aromatic heterocycles. The number of benzene rings is 2. The number of hydrogen-bond donors (Lipinski definition) is 7. The van der Waals surface area contributed by atoms with Gasteiger partial charge in [0.2, 0.25) is 5.88 Å². The van der Waals surface area contributed by atoms with E-state index in [4.69, 9.17) is 35.8 Å². The fraction of sp³-hybridized carbons (Fsp3) is 0.250. The van der Waals surface area contributed by atoms with Gasteiger partial charge >= 0.3 is 12.0 Å². The fourth-order valence-electron chi connectivity index (χ4n) is 5.05. The Morgan fingerprint density at radius 3 is 2.79 bits per heavy atom. The number of nitrogen functional groups attached to an aromatic ring is 2. The minimum Gasteiger partial charge on any atom is -0.466 e. The second kappa shape index (κ2) is 14.1. The summed E-state index contributed by atoms with van der Waals surface area (Å²) in [5.74, 6) is -0.492. The Bertz CT molecular complexity index is 1860. The highest BCUT2D eigenvalue weighted by Gasteiger charge is 2.34. The molecule has 6 rings (SSSR count). The molecule has 16 nitrogen and oxygen atoms in total. The molecule has 0 aliphatic carbocycles. The zero-order valence-electron chi connectivity index (χ0n) is 25.9. The number of nitrogens with two attached hydrogens (primary N) is 2. The van der Waals surface area contributed by atoms with Crippen LogP contribution in [0.25, 0.3) is 0 Å². The lowest BCUT2D eigenvalue weighted by Crippen LogP contribution is -2.39. The van der Waals surface area contributed by atoms with Gasteiger partial charge in [-0.25, -0.2) is 4.98 Å². The molecule has 0 spiro atoms. The fourth-order valence-corrected chi connectivity index (χ4v) is 5.05. The maximum atomic E-state index is 13.2. The van der Waals surface area contributed by atoms with Crippen molar-refractivity contribution in [3.63, 3.8) is 0 Å². The number of nitrogens with one attached hydrogen (secondary N) is 5. The van der Waals surface area contributed by atoms with Crippen LogP contribution in [-0.2, 0) is 27.2 Å². The molecule has 16 heteroatoms. The SMILES string of the molecule is CCOC(=O)CCc1cc(Oc2nc(Oc3cc(C(=N)N)ccc3N)nc3c2NC(=O)C(Cc2cnc[nH]2)O3)cc(C2NC=CCN2)c1. The topological polar surface area (TPSA) is 238 Å². The maximum Gasteiger partial charge on any atom is 0.328 e. The molecular formula is C32H34N10O6. The molecule has 0 bridgehead atoms. The van der Waals surface area contributed by atoms with Gasteiger partial charge in [-0.05, 0) is 61.0 Å². The van der Waals surface area contributed by atoms with Gasteiger partial charge in [-0.2, -0.15) is 9.97 Å². The molecule has 248 valence electrons. The number of carbonyl (C=O) groups excluding carboxylic acids is 2. The van der Waals surface area contributed by atoms with Crippen LogP contribution in [0.2, 0.25) is 0 Å². The minimum absolute atomic E-state index is 0.000139. The summed E-state index contributed by atoms with van der Waals surface area (Å²) >= 11 is 0. The van der Waals surface area contributed by atoms with Crippen molar-refractivity contribution in [2.45, 2.75) is 38.5 Å². The molecule has 4 heterocycles. The van der Waals surface area contributed by atoms with E-state index in [0.29, 0.717) is 36.6 Å². The van der Waals surface area contributed by atoms with Crippen LogP contribution in [0.15, 0.2) is 61.2 Å². The van der Waals surface area contributed by atoms with Gasteiger partial charge < -0.3 is 46.0 Å². The highest BCUT2D eigenvalue weighted by Crippen LogP contribution is 2.41. The molecule has 0 fully saturated rings. The third-order valence-electron chi connectivity index (χ3n) is 7.38. The number of ether oxygens (including phenoxy) is 4. The van der Waals surface area contributed by atoms with E-state index in [-0.39, 0.29) is 65.7 Å². The van der Waals surface area contributed by atoms with Gasteiger partial charge in [0.25, 0.3) is 11.8 Å². The number of esters is 1. The summed E-state index contributed by atoms with van der Waals surface area (Å²) in [6.07, 6.45) is 6.48. The van der Waals surface area contributed by atoms with E-state index in [1.54, 1.807) is 31.3 Å². The molecule has 0 saturated heterocycles. The Labute approximate surface area is 274 Å². The van der Waals surface area contributed by atoms with Gasteiger partial charge in [-0.15, -0.1) is 0 Å². The number of imidazole rings is 1. The van der Waals surface area contributed by atoms with Crippen LogP contribution in [0.1, 0.15) is 41.9 Å². The molecule has 0 radical (unpaired) electrons. The molecule has 2 aliphatic rings. The van der Waals surface area contributed by atoms with Crippen LogP contribution >= 0.6 is 0 Å². The first-order valence-corrected chi connectivity index (χ1v) is 15.2. The summed E-state index contributed by atoms with van der Waals surface area (Å²) in [5.41, 5.74) is 14.9. The summed E-state index contributed by atoms with van der Waals surface area (Å²) in [6.45, 7) is 2.70. The number of nitrogens with zero attached hydrogens (tertiary/aromatic N) is 3. The Morgan fingerprint density at radius 1 is 1.17 bits per heavy atom. The number of aromatic amines is 1. The van der Waals surface area contributed by atoms with Crippen LogP contribution in [-0.4, -0.2) is 56.9 Å². The predicted molar refractivity (Wildman–Crippen MR) is 174 cm³/mol. The van der Waals surface area contributed by atoms with Crippen molar-refractivity contribution in [3.8, 4) is 29.3 Å². The average Bonchev–Trinajstić information content (AvgIpc) is 3.59. The van der Waals surface area contributed by atoms with E-state index in [1.807, 2.05) is 24.4 Å². The molecule has 9 N–H and O–H groups in total. The van der Waals surface area contributed by atoms with Gasteiger partial charge in [0.05, 0.1) is 18.6 Å². The van der Waals surface area contributed by atoms with Crippen LogP contribution < -0.4 is 41.6 Å². The van der Waals surface area contributed by atoms with Gasteiger partial charge in [-0.1, -0.05) is 12.1 Å². The van der Waals surface area contributed by atoms with Crippen molar-refractivity contribution in [3.05, 3.63) is 83.6 Å². The quantitative estimate of drug-likeness (QED) is 0.0504. The van der Waals surface area contributed by atoms with Crippen molar-refractivity contribution in [2.75, 3.05) is 24.2 Å². The smallest absolute Gasteiger partial charge is 0.328 e. The number of anilines is 2. The van der Waals surface area contributed by atoms with Gasteiger partial charge in [0.15, 0.2) is 17.5 Å². The average molecular weight is 655 g/mol. The van der Waals surface area contributed by atoms with Crippen molar-refractivity contribution >= 4 is 29.1 Å². The zero-order valence-corrected chi connectivity index (χ0v) is 25.9. The van der Waals surface area contributed by atoms with E-state index in [2.05, 4.69) is 35.9 Å². The lowest BCUT2D eigenvalue weighted by atomic mass is 10.0. The second-order valence-electron chi connectivity index (χ2n) is 10.9. The Hall–Kier alpha value is -6.16. The number of H-pyrrole nitrogens is 1. The zero-order chi connectivity index (χ0) is 33.6. The lowest BCUT2D eigenvalue weighted by Gasteiger charge is -2.26. The molecule has 2 unspecified atom stereocenters. The monoisotopic (exact) mass is 654 g/mol. The molecule has 4 aromatic rings. The van der Waals surface area contributed by atoms with Crippen LogP contribution in [0.5, 0.6) is 29.3 Å². The van der Waals surface area contributed by atoms with E-state index in [0.717, 1.165) is 11.1 Å². The Balaban J connectivity index is 1.37. The van der Waals surface area contributed by atoms with Gasteiger partial charge in [0, 0.05) is 36.8 Å². The van der Waals surface area contributed by atoms with Crippen molar-refractivity contribution < 1.29 is 28.5 Å². The molecule has 0 saturated carbocycles. The number of carbonyl (C=O) groups is 2. The van der Waals surface area contributed by atoms with Gasteiger partial charge in [0.1, 0.15) is 17.8 Å². The summed E-state index contributed by atoms with van der Waals surface area (Å²) < 4.78 is 23.5. The summed E-state index contributed by atoms with van der Waals surface area (Å²) in [5, 5.41) is 17.2. The molecule has 1 amide bonds. The third kappa shape index (κ3) is 7.45. The van der Waals surface area contributed by atoms with Crippen molar-refractivity contribution in [1.29, 1.82) is 5.41 Å². The standard InChI is InChI=1S/C32H34N10O6/c1-2-45-25(43)7-4-17-10-19(28-37-8-3-9-38-28)12-21(11-17)46-30-26-31(47-24(29(44)40-26)14-20-15-36-16-39-20)42-32(41-30)48-23-13-18(27(34)35)5-6-22(23)33/h3,5-6,8,10-13,15-16,24,28,37-38H,2,4,7,9,14,33H2,1H3,(H3,34,35)(H,36,39)(H,40,44). The van der Waals surface area contributed by atoms with E-state index in [9.17, 15) is 9.59 Å². The highest BCUT2D eigenvalue weighted by molar-refractivity contribution is 5.99. The molecular weight excluding hydrogens is 620 g/mol. The van der Waals surface area contributed by atoms with Gasteiger partial charge in [-0.3, -0.25) is 20.3 Å². The number of amidine groups is 1. The number of aromatic nitrogens is 4. The maximum absolute atomic E-state index is 13.2. The first kappa shape index (κ1) is 31.8. The van der Waals surface area contributed by atoms with Crippen molar-refractivity contribution in [1.82, 2.24) is 30.6 Å². The normalized spacial score (nSPS) is 16.6. The Morgan fingerprint density at radius 2 is 2.04 bits per heavy atom. The Kier molecular flexibility index (Phi) is 9.33. The highest BCUT2D eigenvalue weighted by atomic mass is 16.5. The van der Waals surface area contributed by atoms with Crippen LogP contribution in [0.3, 0.4) is 0 Å². The van der Waals surface area contributed by atoms with E-state index >= 15 is 0 Å². The number of rotatable bonds is 12. The number of fused-ring (bicyclic) bond motifs is 1. The van der Waals surface area contributed by atoms with E-state index in [1.165, 1.54) is 12.4 Å². The largest absolute Gasteiger partial charge is 0.466 e. The minimum atomic E-state index is -0.950. The third-order valence-corrected chi connectivity index (χ3v) is 7.38. The number of aryl methyl sites for hydroxylation is 1. The predicted octanol–water partition coefficient (Wildman–Crippen LogP) is 2.79. The van der Waals surface area contributed by atoms with Crippen LogP contribution in [0.4, 0.5) is 11.4 Å². The first-order valence-electron chi connectivity index (χ1n) is 15.2. The summed E-state index contributed by atoms with van der Waals surface area (Å²) in [6, 6.07) is 9.98. The summed E-state index contributed by atoms with van der Waals surface area (Å²) in [7, 11) is 0. The lowest BCUT2D eigenvalue weighted by molar-refractivity contribution is -0.143. The molecule has 2 aromatic carbocycles. The molecule has 2 atom stereocenters.